The molecule has 2 rings (SSSR count). The Hall–Kier alpha value is 0.500. The van der Waals surface area contributed by atoms with Crippen LogP contribution < -0.4 is 11.1 Å². The Kier molecular flexibility index (Phi) is 6.31. The van der Waals surface area contributed by atoms with Gasteiger partial charge in [0.25, 0.3) is 0 Å². The molecule has 1 heterocycles. The fourth-order valence-corrected chi connectivity index (χ4v) is 2.54. The summed E-state index contributed by atoms with van der Waals surface area (Å²) >= 11 is 0. The van der Waals surface area contributed by atoms with Gasteiger partial charge in [-0.15, -0.1) is 24.8 Å². The lowest BCUT2D eigenvalue weighted by Crippen LogP contribution is -2.47. The van der Waals surface area contributed by atoms with Crippen molar-refractivity contribution >= 4 is 24.8 Å². The predicted octanol–water partition coefficient (Wildman–Crippen LogP) is 1.71. The smallest absolute Gasteiger partial charge is 0.00964 e. The average Bonchev–Trinajstić information content (AvgIpc) is 2.04. The third-order valence-corrected chi connectivity index (χ3v) is 3.18. The van der Waals surface area contributed by atoms with Crippen molar-refractivity contribution in [1.29, 1.82) is 0 Å². The second-order valence-electron chi connectivity index (χ2n) is 4.04. The molecular weight excluding hydrogens is 207 g/mol. The molecule has 0 spiro atoms. The molecule has 3 unspecified atom stereocenters. The first-order valence-corrected chi connectivity index (χ1v) is 4.85. The normalized spacial score (nSPS) is 38.1. The number of halogens is 2. The van der Waals surface area contributed by atoms with E-state index in [0.29, 0.717) is 6.04 Å². The number of hydrogen-bond donors (Lipinski definition) is 2. The minimum absolute atomic E-state index is 0. The number of fused-ring (bicyclic) bond motifs is 1. The number of hydrogen-bond acceptors (Lipinski definition) is 2. The van der Waals surface area contributed by atoms with Gasteiger partial charge >= 0.3 is 0 Å². The van der Waals surface area contributed by atoms with E-state index in [-0.39, 0.29) is 24.8 Å². The van der Waals surface area contributed by atoms with Gasteiger partial charge in [-0.1, -0.05) is 0 Å². The minimum atomic E-state index is 0. The third-order valence-electron chi connectivity index (χ3n) is 3.18. The van der Waals surface area contributed by atoms with Crippen LogP contribution in [0.3, 0.4) is 0 Å². The number of piperidine rings is 1. The van der Waals surface area contributed by atoms with E-state index >= 15 is 0 Å². The maximum Gasteiger partial charge on any atom is 0.00964 e. The van der Waals surface area contributed by atoms with E-state index in [9.17, 15) is 0 Å². The maximum atomic E-state index is 5.91. The highest BCUT2D eigenvalue weighted by Crippen LogP contribution is 2.29. The highest BCUT2D eigenvalue weighted by molar-refractivity contribution is 5.85. The largest absolute Gasteiger partial charge is 0.328 e. The van der Waals surface area contributed by atoms with Crippen molar-refractivity contribution in [3.8, 4) is 0 Å². The molecule has 2 nitrogen and oxygen atoms in total. The molecule has 3 atom stereocenters. The lowest BCUT2D eigenvalue weighted by Gasteiger charge is -2.38. The Labute approximate surface area is 92.8 Å². The molecule has 80 valence electrons. The van der Waals surface area contributed by atoms with Crippen LogP contribution in [0, 0.1) is 5.92 Å². The van der Waals surface area contributed by atoms with Gasteiger partial charge in [0.05, 0.1) is 0 Å². The van der Waals surface area contributed by atoms with Crippen molar-refractivity contribution in [2.75, 3.05) is 6.54 Å². The summed E-state index contributed by atoms with van der Waals surface area (Å²) in [6.45, 7) is 1.23. The van der Waals surface area contributed by atoms with Crippen molar-refractivity contribution in [3.05, 3.63) is 0 Å². The van der Waals surface area contributed by atoms with E-state index in [0.717, 1.165) is 12.0 Å². The highest BCUT2D eigenvalue weighted by atomic mass is 35.5. The quantitative estimate of drug-likeness (QED) is 0.661. The molecule has 1 saturated carbocycles. The SMILES string of the molecule is Cl.Cl.NC1CCC2NCCCC2C1. The zero-order valence-corrected chi connectivity index (χ0v) is 9.50. The molecule has 0 aromatic carbocycles. The summed E-state index contributed by atoms with van der Waals surface area (Å²) in [5.74, 6) is 0.896. The molecule has 13 heavy (non-hydrogen) atoms. The van der Waals surface area contributed by atoms with Crippen LogP contribution in [0.4, 0.5) is 0 Å². The van der Waals surface area contributed by atoms with E-state index in [4.69, 9.17) is 5.73 Å². The molecule has 2 aliphatic rings. The van der Waals surface area contributed by atoms with Gasteiger partial charge in [0, 0.05) is 12.1 Å². The summed E-state index contributed by atoms with van der Waals surface area (Å²) in [4.78, 5) is 0. The van der Waals surface area contributed by atoms with Gasteiger partial charge in [-0.25, -0.2) is 0 Å². The molecule has 0 amide bonds. The van der Waals surface area contributed by atoms with Crippen LogP contribution in [0.25, 0.3) is 0 Å². The fourth-order valence-electron chi connectivity index (χ4n) is 2.54. The van der Waals surface area contributed by atoms with Crippen LogP contribution in [0.2, 0.25) is 0 Å². The summed E-state index contributed by atoms with van der Waals surface area (Å²) in [5, 5.41) is 3.59. The molecule has 0 aromatic rings. The molecule has 0 bridgehead atoms. The lowest BCUT2D eigenvalue weighted by atomic mass is 9.77. The lowest BCUT2D eigenvalue weighted by molar-refractivity contribution is 0.195. The Morgan fingerprint density at radius 1 is 1.08 bits per heavy atom. The van der Waals surface area contributed by atoms with Crippen LogP contribution in [0.1, 0.15) is 32.1 Å². The van der Waals surface area contributed by atoms with E-state index in [1.165, 1.54) is 38.6 Å². The summed E-state index contributed by atoms with van der Waals surface area (Å²) in [5.41, 5.74) is 5.91. The predicted molar refractivity (Wildman–Crippen MR) is 60.8 cm³/mol. The molecule has 1 saturated heterocycles. The van der Waals surface area contributed by atoms with Gasteiger partial charge in [0.15, 0.2) is 0 Å². The van der Waals surface area contributed by atoms with Gasteiger partial charge in [-0.05, 0) is 44.6 Å². The molecule has 1 aliphatic heterocycles. The Morgan fingerprint density at radius 2 is 1.85 bits per heavy atom. The first kappa shape index (κ1) is 13.5. The van der Waals surface area contributed by atoms with Gasteiger partial charge in [0.1, 0.15) is 0 Å². The maximum absolute atomic E-state index is 5.91. The standard InChI is InChI=1S/C9H18N2.2ClH/c10-8-3-4-9-7(6-8)2-1-5-11-9;;/h7-9,11H,1-6,10H2;2*1H. The first-order chi connectivity index (χ1) is 5.36. The second-order valence-corrected chi connectivity index (χ2v) is 4.04. The van der Waals surface area contributed by atoms with Gasteiger partial charge in [0.2, 0.25) is 0 Å². The van der Waals surface area contributed by atoms with Crippen LogP contribution in [0.5, 0.6) is 0 Å². The van der Waals surface area contributed by atoms with Crippen molar-refractivity contribution in [1.82, 2.24) is 5.32 Å². The Bertz CT molecular complexity index is 144. The fraction of sp³-hybridized carbons (Fsp3) is 1.00. The van der Waals surface area contributed by atoms with E-state index in [1.54, 1.807) is 0 Å². The number of nitrogens with two attached hydrogens (primary N) is 1. The molecule has 4 heteroatoms. The van der Waals surface area contributed by atoms with Crippen LogP contribution in [-0.4, -0.2) is 18.6 Å². The topological polar surface area (TPSA) is 38.0 Å². The van der Waals surface area contributed by atoms with Gasteiger partial charge in [-0.2, -0.15) is 0 Å². The van der Waals surface area contributed by atoms with Crippen molar-refractivity contribution in [2.45, 2.75) is 44.2 Å². The molecule has 3 N–H and O–H groups in total. The van der Waals surface area contributed by atoms with E-state index in [1.807, 2.05) is 0 Å². The van der Waals surface area contributed by atoms with Gasteiger partial charge in [-0.3, -0.25) is 0 Å². The molecular formula is C9H20Cl2N2. The van der Waals surface area contributed by atoms with E-state index in [2.05, 4.69) is 5.32 Å². The summed E-state index contributed by atoms with van der Waals surface area (Å²) in [7, 11) is 0. The molecule has 0 radical (unpaired) electrons. The molecule has 2 fully saturated rings. The highest BCUT2D eigenvalue weighted by Gasteiger charge is 2.30. The zero-order chi connectivity index (χ0) is 7.68. The number of nitrogens with one attached hydrogen (secondary N) is 1. The number of rotatable bonds is 0. The second kappa shape index (κ2) is 6.07. The minimum Gasteiger partial charge on any atom is -0.328 e. The van der Waals surface area contributed by atoms with Crippen molar-refractivity contribution < 1.29 is 0 Å². The van der Waals surface area contributed by atoms with Crippen LogP contribution >= 0.6 is 24.8 Å². The van der Waals surface area contributed by atoms with E-state index < -0.39 is 0 Å². The summed E-state index contributed by atoms with van der Waals surface area (Å²) in [6, 6.07) is 1.31. The van der Waals surface area contributed by atoms with Crippen LogP contribution in [-0.2, 0) is 0 Å². The zero-order valence-electron chi connectivity index (χ0n) is 7.87. The Balaban J connectivity index is 0.000000720. The molecule has 0 aromatic heterocycles. The summed E-state index contributed by atoms with van der Waals surface area (Å²) < 4.78 is 0. The third kappa shape index (κ3) is 3.28. The first-order valence-electron chi connectivity index (χ1n) is 4.85. The van der Waals surface area contributed by atoms with Crippen molar-refractivity contribution in [2.24, 2.45) is 11.7 Å². The molecule has 1 aliphatic carbocycles. The van der Waals surface area contributed by atoms with Crippen LogP contribution in [0.15, 0.2) is 0 Å². The summed E-state index contributed by atoms with van der Waals surface area (Å²) in [6.07, 6.45) is 6.57. The monoisotopic (exact) mass is 226 g/mol. The van der Waals surface area contributed by atoms with Crippen molar-refractivity contribution in [3.63, 3.8) is 0 Å². The average molecular weight is 227 g/mol. The van der Waals surface area contributed by atoms with Gasteiger partial charge < -0.3 is 11.1 Å². The Morgan fingerprint density at radius 3 is 2.62 bits per heavy atom.